The zero-order chi connectivity index (χ0) is 12.1. The maximum absolute atomic E-state index is 5.61. The quantitative estimate of drug-likeness (QED) is 0.939. The van der Waals surface area contributed by atoms with E-state index in [-0.39, 0.29) is 0 Å². The first-order valence-electron chi connectivity index (χ1n) is 5.17. The third-order valence-corrected chi connectivity index (χ3v) is 2.83. The van der Waals surface area contributed by atoms with Crippen molar-refractivity contribution in [2.75, 3.05) is 0 Å². The van der Waals surface area contributed by atoms with Gasteiger partial charge in [-0.1, -0.05) is 6.07 Å². The average molecular weight is 294 g/mol. The van der Waals surface area contributed by atoms with E-state index in [0.29, 0.717) is 19.0 Å². The van der Waals surface area contributed by atoms with Gasteiger partial charge in [-0.05, 0) is 39.7 Å². The van der Waals surface area contributed by atoms with Gasteiger partial charge in [-0.2, -0.15) is 0 Å². The molecule has 0 atom stereocenters. The molecule has 1 heterocycles. The zero-order valence-corrected chi connectivity index (χ0v) is 10.7. The normalized spacial score (nSPS) is 10.2. The van der Waals surface area contributed by atoms with Gasteiger partial charge >= 0.3 is 0 Å². The van der Waals surface area contributed by atoms with E-state index in [1.165, 1.54) is 0 Å². The van der Waals surface area contributed by atoms with Crippen molar-refractivity contribution >= 4 is 15.9 Å². The Bertz CT molecular complexity index is 490. The molecule has 2 aromatic rings. The predicted molar refractivity (Wildman–Crippen MR) is 68.4 cm³/mol. The van der Waals surface area contributed by atoms with Crippen LogP contribution in [0.4, 0.5) is 0 Å². The van der Waals surface area contributed by atoms with Crippen molar-refractivity contribution < 1.29 is 4.74 Å². The fourth-order valence-electron chi connectivity index (χ4n) is 1.34. The highest BCUT2D eigenvalue weighted by atomic mass is 79.9. The summed E-state index contributed by atoms with van der Waals surface area (Å²) < 4.78 is 6.50. The second-order valence-electron chi connectivity index (χ2n) is 3.42. The highest BCUT2D eigenvalue weighted by Gasteiger charge is 2.03. The zero-order valence-electron chi connectivity index (χ0n) is 9.14. The van der Waals surface area contributed by atoms with Gasteiger partial charge in [-0.15, -0.1) is 0 Å². The molecular formula is C12H12BrN3O. The second-order valence-corrected chi connectivity index (χ2v) is 4.28. The number of hydrogen-bond acceptors (Lipinski definition) is 4. The van der Waals surface area contributed by atoms with Crippen LogP contribution in [0.5, 0.6) is 5.75 Å². The van der Waals surface area contributed by atoms with Gasteiger partial charge in [-0.3, -0.25) is 0 Å². The van der Waals surface area contributed by atoms with E-state index in [9.17, 15) is 0 Å². The van der Waals surface area contributed by atoms with E-state index < -0.39 is 0 Å². The van der Waals surface area contributed by atoms with E-state index in [1.807, 2.05) is 18.2 Å². The summed E-state index contributed by atoms with van der Waals surface area (Å²) in [7, 11) is 0. The Balaban J connectivity index is 2.04. The summed E-state index contributed by atoms with van der Waals surface area (Å²) in [5.41, 5.74) is 6.61. The number of ether oxygens (including phenoxy) is 1. The van der Waals surface area contributed by atoms with Crippen molar-refractivity contribution in [2.45, 2.75) is 13.2 Å². The monoisotopic (exact) mass is 293 g/mol. The van der Waals surface area contributed by atoms with Crippen LogP contribution in [0.3, 0.4) is 0 Å². The largest absolute Gasteiger partial charge is 0.484 e. The highest BCUT2D eigenvalue weighted by Crippen LogP contribution is 2.26. The topological polar surface area (TPSA) is 61.0 Å². The van der Waals surface area contributed by atoms with Crippen LogP contribution in [0.25, 0.3) is 0 Å². The lowest BCUT2D eigenvalue weighted by Crippen LogP contribution is -2.01. The Morgan fingerprint density at radius 2 is 2.00 bits per heavy atom. The molecule has 0 aliphatic carbocycles. The van der Waals surface area contributed by atoms with E-state index >= 15 is 0 Å². The van der Waals surface area contributed by atoms with Crippen LogP contribution in [0, 0.1) is 0 Å². The fraction of sp³-hybridized carbons (Fsp3) is 0.167. The molecule has 0 radical (unpaired) electrons. The van der Waals surface area contributed by atoms with Crippen LogP contribution in [0.2, 0.25) is 0 Å². The van der Waals surface area contributed by atoms with Gasteiger partial charge < -0.3 is 10.5 Å². The van der Waals surface area contributed by atoms with Crippen LogP contribution in [0.1, 0.15) is 11.4 Å². The molecule has 0 amide bonds. The molecule has 0 saturated heterocycles. The Kier molecular flexibility index (Phi) is 4.06. The minimum atomic E-state index is 0.349. The molecule has 5 heteroatoms. The highest BCUT2D eigenvalue weighted by molar-refractivity contribution is 9.10. The van der Waals surface area contributed by atoms with Crippen LogP contribution in [0.15, 0.2) is 41.1 Å². The van der Waals surface area contributed by atoms with E-state index in [0.717, 1.165) is 15.8 Å². The first-order valence-corrected chi connectivity index (χ1v) is 5.96. The van der Waals surface area contributed by atoms with Crippen LogP contribution >= 0.6 is 15.9 Å². The SMILES string of the molecule is NCc1ccc(OCc2ncccn2)c(Br)c1. The standard InChI is InChI=1S/C12H12BrN3O/c13-10-6-9(7-14)2-3-11(10)17-8-12-15-4-1-5-16-12/h1-6H,7-8,14H2. The Morgan fingerprint density at radius 3 is 2.65 bits per heavy atom. The molecular weight excluding hydrogens is 282 g/mol. The third kappa shape index (κ3) is 3.25. The lowest BCUT2D eigenvalue weighted by molar-refractivity contribution is 0.294. The molecule has 0 bridgehead atoms. The van der Waals surface area contributed by atoms with Crippen molar-refractivity contribution in [2.24, 2.45) is 5.73 Å². The Hall–Kier alpha value is -1.46. The van der Waals surface area contributed by atoms with Gasteiger partial charge in [0.2, 0.25) is 0 Å². The summed E-state index contributed by atoms with van der Waals surface area (Å²) in [6, 6.07) is 7.54. The van der Waals surface area contributed by atoms with E-state index in [2.05, 4.69) is 25.9 Å². The molecule has 0 fully saturated rings. The maximum atomic E-state index is 5.61. The van der Waals surface area contributed by atoms with Gasteiger partial charge in [0.05, 0.1) is 4.47 Å². The lowest BCUT2D eigenvalue weighted by atomic mass is 10.2. The average Bonchev–Trinajstić information content (AvgIpc) is 2.38. The molecule has 17 heavy (non-hydrogen) atoms. The first kappa shape index (κ1) is 12.0. The lowest BCUT2D eigenvalue weighted by Gasteiger charge is -2.08. The number of rotatable bonds is 4. The van der Waals surface area contributed by atoms with Crippen molar-refractivity contribution in [3.05, 3.63) is 52.5 Å². The van der Waals surface area contributed by atoms with Crippen LogP contribution in [-0.4, -0.2) is 9.97 Å². The number of halogens is 1. The van der Waals surface area contributed by atoms with Crippen LogP contribution in [-0.2, 0) is 13.2 Å². The van der Waals surface area contributed by atoms with Gasteiger partial charge in [-0.25, -0.2) is 9.97 Å². The molecule has 88 valence electrons. The molecule has 0 spiro atoms. The minimum Gasteiger partial charge on any atom is -0.484 e. The number of hydrogen-bond donors (Lipinski definition) is 1. The summed E-state index contributed by atoms with van der Waals surface area (Å²) in [5.74, 6) is 1.41. The third-order valence-electron chi connectivity index (χ3n) is 2.21. The molecule has 0 aliphatic rings. The molecule has 1 aromatic carbocycles. The second kappa shape index (κ2) is 5.75. The van der Waals surface area contributed by atoms with Gasteiger partial charge in [0.25, 0.3) is 0 Å². The number of aromatic nitrogens is 2. The Labute approximate surface area is 108 Å². The minimum absolute atomic E-state index is 0.349. The Morgan fingerprint density at radius 1 is 1.24 bits per heavy atom. The first-order chi connectivity index (χ1) is 8.29. The molecule has 0 aliphatic heterocycles. The maximum Gasteiger partial charge on any atom is 0.166 e. The predicted octanol–water partition coefficient (Wildman–Crippen LogP) is 2.28. The number of benzene rings is 1. The summed E-state index contributed by atoms with van der Waals surface area (Å²) >= 11 is 3.44. The molecule has 4 nitrogen and oxygen atoms in total. The molecule has 0 unspecified atom stereocenters. The van der Waals surface area contributed by atoms with E-state index in [1.54, 1.807) is 18.5 Å². The fourth-order valence-corrected chi connectivity index (χ4v) is 1.88. The number of nitrogens with zero attached hydrogens (tertiary/aromatic N) is 2. The molecule has 2 rings (SSSR count). The van der Waals surface area contributed by atoms with Crippen molar-refractivity contribution in [1.82, 2.24) is 9.97 Å². The van der Waals surface area contributed by atoms with Crippen molar-refractivity contribution in [1.29, 1.82) is 0 Å². The van der Waals surface area contributed by atoms with Gasteiger partial charge in [0.15, 0.2) is 5.82 Å². The smallest absolute Gasteiger partial charge is 0.166 e. The van der Waals surface area contributed by atoms with Gasteiger partial charge in [0.1, 0.15) is 12.4 Å². The van der Waals surface area contributed by atoms with Crippen molar-refractivity contribution in [3.63, 3.8) is 0 Å². The molecule has 0 saturated carbocycles. The van der Waals surface area contributed by atoms with Crippen molar-refractivity contribution in [3.8, 4) is 5.75 Å². The summed E-state index contributed by atoms with van der Waals surface area (Å²) in [5, 5.41) is 0. The molecule has 2 N–H and O–H groups in total. The summed E-state index contributed by atoms with van der Waals surface area (Å²) in [4.78, 5) is 8.17. The number of nitrogens with two attached hydrogens (primary N) is 1. The van der Waals surface area contributed by atoms with Gasteiger partial charge in [0, 0.05) is 18.9 Å². The van der Waals surface area contributed by atoms with E-state index in [4.69, 9.17) is 10.5 Å². The van der Waals surface area contributed by atoms with Crippen LogP contribution < -0.4 is 10.5 Å². The summed E-state index contributed by atoms with van der Waals surface area (Å²) in [6.07, 6.45) is 3.39. The molecule has 1 aromatic heterocycles. The summed E-state index contributed by atoms with van der Waals surface area (Å²) in [6.45, 7) is 0.863.